The highest BCUT2D eigenvalue weighted by Crippen LogP contribution is 2.62. The van der Waals surface area contributed by atoms with Gasteiger partial charge in [0, 0.05) is 0 Å². The van der Waals surface area contributed by atoms with Gasteiger partial charge >= 0.3 is 0 Å². The first-order valence-electron chi connectivity index (χ1n) is 8.17. The summed E-state index contributed by atoms with van der Waals surface area (Å²) >= 11 is 0. The Balaban J connectivity index is 1.70. The summed E-state index contributed by atoms with van der Waals surface area (Å²) in [6.07, 6.45) is 4.79. The summed E-state index contributed by atoms with van der Waals surface area (Å²) in [5.41, 5.74) is 4.42. The van der Waals surface area contributed by atoms with Gasteiger partial charge in [-0.25, -0.2) is 0 Å². The second-order valence-corrected chi connectivity index (χ2v) is 7.61. The van der Waals surface area contributed by atoms with Crippen LogP contribution >= 0.6 is 0 Å². The molecule has 4 N–H and O–H groups in total. The van der Waals surface area contributed by atoms with Gasteiger partial charge in [-0.1, -0.05) is 26.2 Å². The number of ketones is 1. The molecule has 1 saturated heterocycles. The van der Waals surface area contributed by atoms with E-state index in [1.807, 2.05) is 6.92 Å². The molecule has 1 aliphatic heterocycles. The summed E-state index contributed by atoms with van der Waals surface area (Å²) in [5, 5.41) is 6.10. The monoisotopic (exact) mass is 307 g/mol. The summed E-state index contributed by atoms with van der Waals surface area (Å²) in [6.45, 7) is 4.83. The second-order valence-electron chi connectivity index (χ2n) is 7.61. The molecule has 0 aromatic rings. The van der Waals surface area contributed by atoms with E-state index in [1.165, 1.54) is 0 Å². The van der Waals surface area contributed by atoms with Crippen molar-refractivity contribution in [3.63, 3.8) is 0 Å². The van der Waals surface area contributed by atoms with Crippen molar-refractivity contribution in [1.82, 2.24) is 10.6 Å². The predicted octanol–water partition coefficient (Wildman–Crippen LogP) is 0.104. The van der Waals surface area contributed by atoms with Crippen LogP contribution in [0.5, 0.6) is 0 Å². The zero-order chi connectivity index (χ0) is 16.1. The van der Waals surface area contributed by atoms with Gasteiger partial charge in [0.1, 0.15) is 5.54 Å². The number of hydrogen-bond donors (Lipinski definition) is 3. The van der Waals surface area contributed by atoms with Crippen LogP contribution in [0, 0.1) is 17.3 Å². The van der Waals surface area contributed by atoms with E-state index in [4.69, 9.17) is 5.73 Å². The first-order chi connectivity index (χ1) is 10.3. The number of rotatable bonds is 6. The number of nitrogens with two attached hydrogens (primary N) is 1. The molecule has 3 aliphatic rings. The van der Waals surface area contributed by atoms with Gasteiger partial charge in [0.2, 0.25) is 11.7 Å². The molecule has 6 heteroatoms. The molecule has 2 amide bonds. The minimum atomic E-state index is -0.968. The number of Topliss-reactive ketones (excluding diaryl/α,β-unsaturated/α-hetero) is 1. The zero-order valence-electron chi connectivity index (χ0n) is 13.3. The lowest BCUT2D eigenvalue weighted by Gasteiger charge is -2.35. The Morgan fingerprint density at radius 3 is 2.41 bits per heavy atom. The number of nitrogens with one attached hydrogen (secondary N) is 2. The minimum Gasteiger partial charge on any atom is -0.363 e. The summed E-state index contributed by atoms with van der Waals surface area (Å²) in [5.74, 6) is -0.902. The van der Waals surface area contributed by atoms with E-state index < -0.39 is 23.3 Å². The van der Waals surface area contributed by atoms with E-state index in [1.54, 1.807) is 0 Å². The molecule has 0 aromatic heterocycles. The number of carbonyl (C=O) groups is 3. The van der Waals surface area contributed by atoms with E-state index in [0.29, 0.717) is 18.3 Å². The highest BCUT2D eigenvalue weighted by atomic mass is 16.2. The van der Waals surface area contributed by atoms with Crippen LogP contribution in [0.1, 0.15) is 46.0 Å². The van der Waals surface area contributed by atoms with E-state index in [-0.39, 0.29) is 11.3 Å². The van der Waals surface area contributed by atoms with Crippen molar-refractivity contribution >= 4 is 17.6 Å². The van der Waals surface area contributed by atoms with E-state index >= 15 is 0 Å². The van der Waals surface area contributed by atoms with Crippen LogP contribution in [0.3, 0.4) is 0 Å². The maximum Gasteiger partial charge on any atom is 0.287 e. The number of fused-ring (bicyclic) bond motifs is 1. The van der Waals surface area contributed by atoms with Crippen LogP contribution < -0.4 is 16.4 Å². The molecule has 4 atom stereocenters. The van der Waals surface area contributed by atoms with Crippen molar-refractivity contribution in [2.24, 2.45) is 23.0 Å². The van der Waals surface area contributed by atoms with Crippen molar-refractivity contribution in [2.75, 3.05) is 6.54 Å². The molecular weight excluding hydrogens is 282 g/mol. The van der Waals surface area contributed by atoms with Crippen molar-refractivity contribution in [3.05, 3.63) is 0 Å². The molecule has 1 heterocycles. The fourth-order valence-electron chi connectivity index (χ4n) is 4.00. The topological polar surface area (TPSA) is 101 Å². The van der Waals surface area contributed by atoms with Gasteiger partial charge in [-0.15, -0.1) is 0 Å². The van der Waals surface area contributed by atoms with Crippen LogP contribution in [-0.4, -0.2) is 35.7 Å². The largest absolute Gasteiger partial charge is 0.363 e. The van der Waals surface area contributed by atoms with Gasteiger partial charge in [-0.05, 0) is 43.6 Å². The highest BCUT2D eigenvalue weighted by molar-refractivity contribution is 6.37. The molecule has 4 unspecified atom stereocenters. The quantitative estimate of drug-likeness (QED) is 0.606. The Hall–Kier alpha value is -1.43. The standard InChI is InChI=1S/C16H25N3O3/c1-15-7-10(15)8-18-16(15,2)14(22)19-11(12(20)13(17)21)6-9-4-3-5-9/h9-11,18H,3-8H2,1-2H3,(H2,17,21)(H,19,22). The summed E-state index contributed by atoms with van der Waals surface area (Å²) in [6, 6.07) is -0.782. The highest BCUT2D eigenvalue weighted by Gasteiger charge is 2.68. The number of hydrogen-bond acceptors (Lipinski definition) is 4. The molecule has 2 saturated carbocycles. The van der Waals surface area contributed by atoms with Crippen molar-refractivity contribution < 1.29 is 14.4 Å². The van der Waals surface area contributed by atoms with Gasteiger partial charge in [0.05, 0.1) is 6.04 Å². The molecular formula is C16H25N3O3. The fraction of sp³-hybridized carbons (Fsp3) is 0.812. The van der Waals surface area contributed by atoms with Crippen LogP contribution in [0.4, 0.5) is 0 Å². The Bertz CT molecular complexity index is 529. The molecule has 3 fully saturated rings. The van der Waals surface area contributed by atoms with Crippen LogP contribution in [0.2, 0.25) is 0 Å². The maximum atomic E-state index is 12.8. The van der Waals surface area contributed by atoms with E-state index in [2.05, 4.69) is 17.6 Å². The molecule has 3 rings (SSSR count). The molecule has 0 bridgehead atoms. The third-order valence-electron chi connectivity index (χ3n) is 6.37. The Morgan fingerprint density at radius 2 is 2.00 bits per heavy atom. The van der Waals surface area contributed by atoms with E-state index in [9.17, 15) is 14.4 Å². The van der Waals surface area contributed by atoms with Crippen molar-refractivity contribution in [1.29, 1.82) is 0 Å². The minimum absolute atomic E-state index is 0.0477. The summed E-state index contributed by atoms with van der Waals surface area (Å²) in [7, 11) is 0. The zero-order valence-corrected chi connectivity index (χ0v) is 13.3. The smallest absolute Gasteiger partial charge is 0.287 e. The molecule has 2 aliphatic carbocycles. The lowest BCUT2D eigenvalue weighted by Crippen LogP contribution is -2.60. The fourth-order valence-corrected chi connectivity index (χ4v) is 4.00. The van der Waals surface area contributed by atoms with Crippen molar-refractivity contribution in [2.45, 2.75) is 57.5 Å². The molecule has 0 spiro atoms. The predicted molar refractivity (Wildman–Crippen MR) is 80.7 cm³/mol. The Kier molecular flexibility index (Phi) is 3.55. The summed E-state index contributed by atoms with van der Waals surface area (Å²) < 4.78 is 0. The van der Waals surface area contributed by atoms with Crippen LogP contribution in [0.25, 0.3) is 0 Å². The average molecular weight is 307 g/mol. The normalized spacial score (nSPS) is 37.8. The Labute approximate surface area is 130 Å². The average Bonchev–Trinajstić information content (AvgIpc) is 3.03. The SMILES string of the molecule is CC1(C(=O)NC(CC2CCC2)C(=O)C(N)=O)NCC2CC21C. The van der Waals surface area contributed by atoms with Crippen molar-refractivity contribution in [3.8, 4) is 0 Å². The number of piperidine rings is 1. The molecule has 6 nitrogen and oxygen atoms in total. The lowest BCUT2D eigenvalue weighted by atomic mass is 9.79. The van der Waals surface area contributed by atoms with Gasteiger partial charge < -0.3 is 16.4 Å². The first-order valence-corrected chi connectivity index (χ1v) is 8.17. The van der Waals surface area contributed by atoms with Gasteiger partial charge in [-0.3, -0.25) is 14.4 Å². The number of carbonyl (C=O) groups excluding carboxylic acids is 3. The number of primary amides is 1. The van der Waals surface area contributed by atoms with Crippen LogP contribution in [0.15, 0.2) is 0 Å². The third-order valence-corrected chi connectivity index (χ3v) is 6.37. The molecule has 22 heavy (non-hydrogen) atoms. The van der Waals surface area contributed by atoms with Gasteiger partial charge in [-0.2, -0.15) is 0 Å². The van der Waals surface area contributed by atoms with Crippen LogP contribution in [-0.2, 0) is 14.4 Å². The lowest BCUT2D eigenvalue weighted by molar-refractivity contribution is -0.140. The second kappa shape index (κ2) is 5.05. The van der Waals surface area contributed by atoms with Gasteiger partial charge in [0.25, 0.3) is 5.91 Å². The molecule has 0 aromatic carbocycles. The third kappa shape index (κ3) is 2.24. The maximum absolute atomic E-state index is 12.8. The number of amides is 2. The summed E-state index contributed by atoms with van der Waals surface area (Å²) in [4.78, 5) is 36.0. The first kappa shape index (κ1) is 15.5. The van der Waals surface area contributed by atoms with Gasteiger partial charge in [0.15, 0.2) is 0 Å². The molecule has 122 valence electrons. The van der Waals surface area contributed by atoms with E-state index in [0.717, 1.165) is 32.2 Å². The Morgan fingerprint density at radius 1 is 1.32 bits per heavy atom. The molecule has 0 radical (unpaired) electrons.